The van der Waals surface area contributed by atoms with Crippen molar-refractivity contribution in [3.05, 3.63) is 53.6 Å². The summed E-state index contributed by atoms with van der Waals surface area (Å²) in [4.78, 5) is 32.6. The molecular weight excluding hydrogens is 310 g/mol. The zero-order valence-electron chi connectivity index (χ0n) is 13.2. The number of carbonyl (C=O) groups excluding carboxylic acids is 1. The Bertz CT molecular complexity index is 743. The fraction of sp³-hybridized carbons (Fsp3) is 0.294. The Hall–Kier alpha value is -2.96. The molecule has 24 heavy (non-hydrogen) atoms. The van der Waals surface area contributed by atoms with Crippen LogP contribution in [0.3, 0.4) is 0 Å². The molecule has 124 valence electrons. The predicted molar refractivity (Wildman–Crippen MR) is 85.2 cm³/mol. The molecule has 1 atom stereocenters. The van der Waals surface area contributed by atoms with Gasteiger partial charge in [-0.15, -0.1) is 0 Å². The standard InChI is InChI=1S/C17H17N3O4/c1-24-13-4-2-11(3-5-13)12-6-7-20(10-12)16(21)14-8-19-15(9-18-14)17(22)23/h2-5,8-9,12H,6-7,10H2,1H3,(H,22,23). The number of hydrogen-bond acceptors (Lipinski definition) is 5. The molecule has 0 spiro atoms. The zero-order chi connectivity index (χ0) is 17.1. The minimum atomic E-state index is -1.16. The Morgan fingerprint density at radius 2 is 1.83 bits per heavy atom. The number of carbonyl (C=O) groups is 2. The topological polar surface area (TPSA) is 92.6 Å². The van der Waals surface area contributed by atoms with Gasteiger partial charge in [-0.1, -0.05) is 12.1 Å². The summed E-state index contributed by atoms with van der Waals surface area (Å²) in [7, 11) is 1.63. The number of carboxylic acids is 1. The van der Waals surface area contributed by atoms with E-state index in [1.165, 1.54) is 11.8 Å². The first-order valence-corrected chi connectivity index (χ1v) is 7.57. The largest absolute Gasteiger partial charge is 0.497 e. The van der Waals surface area contributed by atoms with Gasteiger partial charge in [-0.3, -0.25) is 4.79 Å². The summed E-state index contributed by atoms with van der Waals surface area (Å²) in [6.45, 7) is 1.24. The molecule has 1 aromatic heterocycles. The van der Waals surface area contributed by atoms with E-state index in [9.17, 15) is 9.59 Å². The second kappa shape index (κ2) is 6.66. The van der Waals surface area contributed by atoms with Crippen LogP contribution in [0.1, 0.15) is 38.9 Å². The maximum absolute atomic E-state index is 12.5. The van der Waals surface area contributed by atoms with E-state index in [1.807, 2.05) is 24.3 Å². The van der Waals surface area contributed by atoms with Crippen molar-refractivity contribution < 1.29 is 19.4 Å². The van der Waals surface area contributed by atoms with Crippen LogP contribution in [-0.2, 0) is 0 Å². The average molecular weight is 327 g/mol. The summed E-state index contributed by atoms with van der Waals surface area (Å²) in [6, 6.07) is 7.85. The Kier molecular flexibility index (Phi) is 4.41. The molecule has 1 aromatic carbocycles. The molecule has 7 heteroatoms. The molecule has 1 aliphatic rings. The molecule has 1 unspecified atom stereocenters. The quantitative estimate of drug-likeness (QED) is 0.920. The van der Waals surface area contributed by atoms with Crippen molar-refractivity contribution in [2.45, 2.75) is 12.3 Å². The third kappa shape index (κ3) is 3.19. The molecule has 1 aliphatic heterocycles. The molecule has 2 aromatic rings. The Morgan fingerprint density at radius 3 is 2.42 bits per heavy atom. The van der Waals surface area contributed by atoms with E-state index in [1.54, 1.807) is 12.0 Å². The molecule has 0 radical (unpaired) electrons. The van der Waals surface area contributed by atoms with Gasteiger partial charge < -0.3 is 14.7 Å². The van der Waals surface area contributed by atoms with E-state index in [0.717, 1.165) is 18.4 Å². The van der Waals surface area contributed by atoms with Crippen molar-refractivity contribution >= 4 is 11.9 Å². The molecule has 1 fully saturated rings. The number of benzene rings is 1. The van der Waals surface area contributed by atoms with Crippen LogP contribution in [0.4, 0.5) is 0 Å². The summed E-state index contributed by atoms with van der Waals surface area (Å²) < 4.78 is 5.15. The minimum Gasteiger partial charge on any atom is -0.497 e. The van der Waals surface area contributed by atoms with Crippen LogP contribution in [0.5, 0.6) is 5.75 Å². The highest BCUT2D eigenvalue weighted by Gasteiger charge is 2.28. The van der Waals surface area contributed by atoms with E-state index in [4.69, 9.17) is 9.84 Å². The van der Waals surface area contributed by atoms with E-state index in [-0.39, 0.29) is 23.2 Å². The SMILES string of the molecule is COc1ccc(C2CCN(C(=O)c3cnc(C(=O)O)cn3)C2)cc1. The first-order valence-electron chi connectivity index (χ1n) is 7.57. The Morgan fingerprint density at radius 1 is 1.17 bits per heavy atom. The van der Waals surface area contributed by atoms with Gasteiger partial charge in [0.15, 0.2) is 5.69 Å². The smallest absolute Gasteiger partial charge is 0.356 e. The summed E-state index contributed by atoms with van der Waals surface area (Å²) in [6.07, 6.45) is 3.19. The number of aromatic nitrogens is 2. The van der Waals surface area contributed by atoms with Gasteiger partial charge in [-0.2, -0.15) is 0 Å². The number of aromatic carboxylic acids is 1. The highest BCUT2D eigenvalue weighted by molar-refractivity contribution is 5.93. The van der Waals surface area contributed by atoms with Crippen LogP contribution in [0.15, 0.2) is 36.7 Å². The van der Waals surface area contributed by atoms with Crippen LogP contribution in [-0.4, -0.2) is 52.1 Å². The maximum atomic E-state index is 12.5. The van der Waals surface area contributed by atoms with E-state index in [0.29, 0.717) is 13.1 Å². The molecule has 3 rings (SSSR count). The Labute approximate surface area is 138 Å². The first kappa shape index (κ1) is 15.9. The van der Waals surface area contributed by atoms with Crippen LogP contribution >= 0.6 is 0 Å². The lowest BCUT2D eigenvalue weighted by Gasteiger charge is -2.16. The van der Waals surface area contributed by atoms with Crippen molar-refractivity contribution in [2.75, 3.05) is 20.2 Å². The molecule has 0 saturated carbocycles. The van der Waals surface area contributed by atoms with Crippen LogP contribution in [0, 0.1) is 0 Å². The molecule has 0 bridgehead atoms. The minimum absolute atomic E-state index is 0.162. The predicted octanol–water partition coefficient (Wildman–Crippen LogP) is 1.81. The fourth-order valence-electron chi connectivity index (χ4n) is 2.80. The number of methoxy groups -OCH3 is 1. The number of nitrogens with zero attached hydrogens (tertiary/aromatic N) is 3. The highest BCUT2D eigenvalue weighted by atomic mass is 16.5. The van der Waals surface area contributed by atoms with Crippen molar-refractivity contribution in [1.29, 1.82) is 0 Å². The van der Waals surface area contributed by atoms with Gasteiger partial charge in [0.2, 0.25) is 0 Å². The highest BCUT2D eigenvalue weighted by Crippen LogP contribution is 2.29. The van der Waals surface area contributed by atoms with Crippen molar-refractivity contribution in [3.63, 3.8) is 0 Å². The number of amides is 1. The molecule has 2 heterocycles. The van der Waals surface area contributed by atoms with E-state index < -0.39 is 5.97 Å². The lowest BCUT2D eigenvalue weighted by molar-refractivity contribution is 0.0687. The van der Waals surface area contributed by atoms with Gasteiger partial charge in [-0.05, 0) is 24.1 Å². The monoisotopic (exact) mass is 327 g/mol. The third-order valence-corrected chi connectivity index (χ3v) is 4.15. The Balaban J connectivity index is 1.67. The number of likely N-dealkylation sites (tertiary alicyclic amines) is 1. The van der Waals surface area contributed by atoms with Gasteiger partial charge in [0.1, 0.15) is 11.4 Å². The number of hydrogen-bond donors (Lipinski definition) is 1. The van der Waals surface area contributed by atoms with Gasteiger partial charge in [0.05, 0.1) is 19.5 Å². The summed E-state index contributed by atoms with van der Waals surface area (Å²) in [5, 5.41) is 8.82. The van der Waals surface area contributed by atoms with Crippen LogP contribution in [0.25, 0.3) is 0 Å². The van der Waals surface area contributed by atoms with Crippen molar-refractivity contribution in [2.24, 2.45) is 0 Å². The van der Waals surface area contributed by atoms with E-state index in [2.05, 4.69) is 9.97 Å². The molecule has 1 saturated heterocycles. The molecule has 7 nitrogen and oxygen atoms in total. The van der Waals surface area contributed by atoms with Crippen LogP contribution in [0.2, 0.25) is 0 Å². The second-order valence-corrected chi connectivity index (χ2v) is 5.60. The van der Waals surface area contributed by atoms with Crippen molar-refractivity contribution in [1.82, 2.24) is 14.9 Å². The fourth-order valence-corrected chi connectivity index (χ4v) is 2.80. The second-order valence-electron chi connectivity index (χ2n) is 5.60. The van der Waals surface area contributed by atoms with E-state index >= 15 is 0 Å². The normalized spacial score (nSPS) is 16.9. The van der Waals surface area contributed by atoms with Crippen molar-refractivity contribution in [3.8, 4) is 5.75 Å². The maximum Gasteiger partial charge on any atom is 0.356 e. The average Bonchev–Trinajstić information content (AvgIpc) is 3.11. The molecule has 1 amide bonds. The number of ether oxygens (including phenoxy) is 1. The molecular formula is C17H17N3O4. The van der Waals surface area contributed by atoms with Crippen LogP contribution < -0.4 is 4.74 Å². The summed E-state index contributed by atoms with van der Waals surface area (Å²) >= 11 is 0. The first-order chi connectivity index (χ1) is 11.6. The summed E-state index contributed by atoms with van der Waals surface area (Å²) in [5.74, 6) is -0.317. The van der Waals surface area contributed by atoms with Gasteiger partial charge in [0, 0.05) is 19.0 Å². The zero-order valence-corrected chi connectivity index (χ0v) is 13.2. The lowest BCUT2D eigenvalue weighted by Crippen LogP contribution is -2.29. The molecule has 1 N–H and O–H groups in total. The summed E-state index contributed by atoms with van der Waals surface area (Å²) in [5.41, 5.74) is 1.15. The third-order valence-electron chi connectivity index (χ3n) is 4.15. The van der Waals surface area contributed by atoms with Gasteiger partial charge in [0.25, 0.3) is 5.91 Å². The van der Waals surface area contributed by atoms with Gasteiger partial charge in [-0.25, -0.2) is 14.8 Å². The van der Waals surface area contributed by atoms with Gasteiger partial charge >= 0.3 is 5.97 Å². The number of rotatable bonds is 4. The number of carboxylic acid groups (broad SMARTS) is 1. The lowest BCUT2D eigenvalue weighted by atomic mass is 9.98. The molecule has 0 aliphatic carbocycles.